The molecule has 36 heavy (non-hydrogen) atoms. The van der Waals surface area contributed by atoms with Crippen LogP contribution in [-0.4, -0.2) is 35.0 Å². The third-order valence-corrected chi connectivity index (χ3v) is 5.40. The van der Waals surface area contributed by atoms with Crippen LogP contribution >= 0.6 is 0 Å². The summed E-state index contributed by atoms with van der Waals surface area (Å²) < 4.78 is 55.4. The summed E-state index contributed by atoms with van der Waals surface area (Å²) in [4.78, 5) is 37.4. The minimum absolute atomic E-state index is 0.0488. The second kappa shape index (κ2) is 8.52. The number of aromatic nitrogens is 6. The minimum Gasteiger partial charge on any atom is -0.309 e. The van der Waals surface area contributed by atoms with E-state index < -0.39 is 35.7 Å². The Hall–Kier alpha value is -4.68. The number of pyridine rings is 3. The Morgan fingerprint density at radius 3 is 2.61 bits per heavy atom. The van der Waals surface area contributed by atoms with Crippen LogP contribution in [-0.2, 0) is 17.5 Å². The third kappa shape index (κ3) is 4.15. The number of halogens is 4. The number of nitrogens with zero attached hydrogens (tertiary/aromatic N) is 6. The molecule has 0 atom stereocenters. The number of rotatable bonds is 4. The Morgan fingerprint density at radius 2 is 1.92 bits per heavy atom. The molecule has 5 aromatic heterocycles. The molecule has 182 valence electrons. The van der Waals surface area contributed by atoms with Crippen LogP contribution < -0.4 is 10.9 Å². The van der Waals surface area contributed by atoms with Gasteiger partial charge in [0.1, 0.15) is 29.5 Å². The van der Waals surface area contributed by atoms with E-state index in [0.29, 0.717) is 17.3 Å². The van der Waals surface area contributed by atoms with Crippen molar-refractivity contribution in [1.29, 1.82) is 0 Å². The van der Waals surface area contributed by atoms with Crippen molar-refractivity contribution in [3.63, 3.8) is 0 Å². The molecular formula is C23H15F4N7O2. The summed E-state index contributed by atoms with van der Waals surface area (Å²) in [6.07, 6.45) is -0.705. The summed E-state index contributed by atoms with van der Waals surface area (Å²) in [6, 6.07) is 7.20. The Labute approximate surface area is 199 Å². The lowest BCUT2D eigenvalue weighted by atomic mass is 10.1. The second-order valence-electron chi connectivity index (χ2n) is 7.86. The molecule has 1 N–H and O–H groups in total. The highest BCUT2D eigenvalue weighted by Crippen LogP contribution is 2.29. The number of hydrogen-bond donors (Lipinski definition) is 1. The molecule has 0 aliphatic rings. The van der Waals surface area contributed by atoms with Gasteiger partial charge in [0.15, 0.2) is 5.65 Å². The maximum absolute atomic E-state index is 13.4. The highest BCUT2D eigenvalue weighted by molar-refractivity contribution is 5.90. The van der Waals surface area contributed by atoms with Crippen LogP contribution in [0.4, 0.5) is 23.4 Å². The maximum Gasteiger partial charge on any atom is 0.433 e. The van der Waals surface area contributed by atoms with Crippen molar-refractivity contribution >= 4 is 28.4 Å². The van der Waals surface area contributed by atoms with E-state index in [0.717, 1.165) is 33.0 Å². The lowest BCUT2D eigenvalue weighted by Crippen LogP contribution is -2.30. The van der Waals surface area contributed by atoms with Gasteiger partial charge in [0, 0.05) is 24.0 Å². The van der Waals surface area contributed by atoms with Gasteiger partial charge in [-0.25, -0.2) is 14.4 Å². The van der Waals surface area contributed by atoms with Crippen LogP contribution in [0.3, 0.4) is 0 Å². The number of carbonyl (C=O) groups excluding carboxylic acids is 1. The van der Waals surface area contributed by atoms with Crippen LogP contribution in [0.1, 0.15) is 11.3 Å². The fraction of sp³-hybridized carbons (Fsp3) is 0.130. The summed E-state index contributed by atoms with van der Waals surface area (Å²) in [7, 11) is 0. The van der Waals surface area contributed by atoms with E-state index in [9.17, 15) is 27.2 Å². The lowest BCUT2D eigenvalue weighted by Gasteiger charge is -2.12. The fourth-order valence-corrected chi connectivity index (χ4v) is 3.72. The molecule has 5 aromatic rings. The van der Waals surface area contributed by atoms with E-state index in [2.05, 4.69) is 25.4 Å². The largest absolute Gasteiger partial charge is 0.433 e. The average molecular weight is 497 g/mol. The van der Waals surface area contributed by atoms with E-state index in [1.54, 1.807) is 19.2 Å². The van der Waals surface area contributed by atoms with Gasteiger partial charge in [-0.2, -0.15) is 22.8 Å². The first kappa shape index (κ1) is 23.1. The van der Waals surface area contributed by atoms with Crippen LogP contribution in [0, 0.1) is 12.7 Å². The number of alkyl halides is 3. The lowest BCUT2D eigenvalue weighted by molar-refractivity contribution is -0.141. The van der Waals surface area contributed by atoms with Crippen molar-refractivity contribution in [3.8, 4) is 11.3 Å². The first-order chi connectivity index (χ1) is 17.1. The summed E-state index contributed by atoms with van der Waals surface area (Å²) in [5.41, 5.74) is -0.469. The number of amides is 1. The first-order valence-corrected chi connectivity index (χ1v) is 10.4. The number of fused-ring (bicyclic) bond motifs is 3. The van der Waals surface area contributed by atoms with E-state index in [1.807, 2.05) is 0 Å². The molecule has 0 aromatic carbocycles. The quantitative estimate of drug-likeness (QED) is 0.380. The topological polar surface area (TPSA) is 107 Å². The third-order valence-electron chi connectivity index (χ3n) is 5.40. The van der Waals surface area contributed by atoms with Crippen molar-refractivity contribution in [2.45, 2.75) is 19.6 Å². The highest BCUT2D eigenvalue weighted by Gasteiger charge is 2.33. The van der Waals surface area contributed by atoms with Gasteiger partial charge in [-0.1, -0.05) is 0 Å². The zero-order valence-corrected chi connectivity index (χ0v) is 18.4. The van der Waals surface area contributed by atoms with Gasteiger partial charge < -0.3 is 5.32 Å². The number of aryl methyl sites for hydroxylation is 1. The van der Waals surface area contributed by atoms with Crippen LogP contribution in [0.15, 0.2) is 59.8 Å². The van der Waals surface area contributed by atoms with Crippen molar-refractivity contribution in [2.75, 3.05) is 5.32 Å². The predicted molar refractivity (Wildman–Crippen MR) is 121 cm³/mol. The number of nitrogens with one attached hydrogen (secondary N) is 1. The number of carbonyl (C=O) groups is 1. The van der Waals surface area contributed by atoms with Gasteiger partial charge in [0.25, 0.3) is 5.56 Å². The molecule has 5 rings (SSSR count). The maximum atomic E-state index is 13.4. The zero-order chi connectivity index (χ0) is 25.6. The second-order valence-corrected chi connectivity index (χ2v) is 7.86. The van der Waals surface area contributed by atoms with Crippen molar-refractivity contribution in [3.05, 3.63) is 82.4 Å². The molecule has 0 saturated heterocycles. The van der Waals surface area contributed by atoms with Crippen LogP contribution in [0.25, 0.3) is 27.9 Å². The number of hydrogen-bond acceptors (Lipinski definition) is 6. The Kier molecular flexibility index (Phi) is 5.46. The molecule has 0 fully saturated rings. The van der Waals surface area contributed by atoms with Crippen molar-refractivity contribution < 1.29 is 22.4 Å². The molecule has 0 bridgehead atoms. The SMILES string of the molecule is Cc1cnccc1-c1cc2n(CC(=O)Nc3ccc(F)cn3)c(=O)c3ccc(C(F)(F)F)nc3n2n1. The van der Waals surface area contributed by atoms with Gasteiger partial charge in [-0.05, 0) is 42.8 Å². The van der Waals surface area contributed by atoms with E-state index in [-0.39, 0.29) is 22.5 Å². The van der Waals surface area contributed by atoms with E-state index in [1.165, 1.54) is 18.3 Å². The molecule has 0 radical (unpaired) electrons. The summed E-state index contributed by atoms with van der Waals surface area (Å²) in [6.45, 7) is 1.26. The van der Waals surface area contributed by atoms with Crippen molar-refractivity contribution in [1.82, 2.24) is 29.1 Å². The predicted octanol–water partition coefficient (Wildman–Crippen LogP) is 3.61. The Morgan fingerprint density at radius 1 is 1.11 bits per heavy atom. The smallest absolute Gasteiger partial charge is 0.309 e. The zero-order valence-electron chi connectivity index (χ0n) is 18.4. The molecule has 0 spiro atoms. The molecule has 0 aliphatic heterocycles. The van der Waals surface area contributed by atoms with Gasteiger partial charge in [0.05, 0.1) is 17.3 Å². The number of anilines is 1. The van der Waals surface area contributed by atoms with Gasteiger partial charge in [-0.3, -0.25) is 19.1 Å². The molecule has 0 unspecified atom stereocenters. The van der Waals surface area contributed by atoms with Gasteiger partial charge in [0.2, 0.25) is 5.91 Å². The molecule has 5 heterocycles. The summed E-state index contributed by atoms with van der Waals surface area (Å²) >= 11 is 0. The normalized spacial score (nSPS) is 11.8. The highest BCUT2D eigenvalue weighted by atomic mass is 19.4. The summed E-state index contributed by atoms with van der Waals surface area (Å²) in [5, 5.41) is 6.70. The average Bonchev–Trinajstić information content (AvgIpc) is 3.28. The standard InChI is InChI=1S/C23H15F4N7O2/c1-12-9-28-7-6-14(12)16-8-20-33(11-19(35)31-18-5-2-13(24)10-29-18)22(36)15-3-4-17(23(25,26)27)30-21(15)34(20)32-16/h2-10H,11H2,1H3,(H,29,31,35). The Bertz CT molecular complexity index is 1690. The molecule has 1 amide bonds. The molecule has 9 nitrogen and oxygen atoms in total. The van der Waals surface area contributed by atoms with Gasteiger partial charge in [-0.15, -0.1) is 0 Å². The summed E-state index contributed by atoms with van der Waals surface area (Å²) in [5.74, 6) is -1.20. The van der Waals surface area contributed by atoms with Crippen molar-refractivity contribution in [2.24, 2.45) is 0 Å². The molecule has 0 saturated carbocycles. The monoisotopic (exact) mass is 497 g/mol. The first-order valence-electron chi connectivity index (χ1n) is 10.4. The van der Waals surface area contributed by atoms with Crippen LogP contribution in [0.5, 0.6) is 0 Å². The van der Waals surface area contributed by atoms with E-state index >= 15 is 0 Å². The van der Waals surface area contributed by atoms with E-state index in [4.69, 9.17) is 0 Å². The Balaban J connectivity index is 1.69. The van der Waals surface area contributed by atoms with Gasteiger partial charge >= 0.3 is 6.18 Å². The molecule has 13 heteroatoms. The molecule has 0 aliphatic carbocycles. The minimum atomic E-state index is -4.74. The molecular weight excluding hydrogens is 482 g/mol. The van der Waals surface area contributed by atoms with Crippen LogP contribution in [0.2, 0.25) is 0 Å². The fourth-order valence-electron chi connectivity index (χ4n) is 3.72.